The van der Waals surface area contributed by atoms with Crippen molar-refractivity contribution in [2.24, 2.45) is 5.92 Å². The predicted octanol–water partition coefficient (Wildman–Crippen LogP) is 1.79. The molecule has 2 saturated heterocycles. The molecular formula is C15H31N3. The van der Waals surface area contributed by atoms with Crippen molar-refractivity contribution in [2.45, 2.75) is 52.1 Å². The molecule has 0 bridgehead atoms. The highest BCUT2D eigenvalue weighted by molar-refractivity contribution is 4.82. The summed E-state index contributed by atoms with van der Waals surface area (Å²) in [4.78, 5) is 5.31. The lowest BCUT2D eigenvalue weighted by Gasteiger charge is -2.40. The van der Waals surface area contributed by atoms with Crippen LogP contribution < -0.4 is 5.32 Å². The summed E-state index contributed by atoms with van der Waals surface area (Å²) in [5.41, 5.74) is 0. The average molecular weight is 253 g/mol. The van der Waals surface area contributed by atoms with Gasteiger partial charge in [-0.1, -0.05) is 13.8 Å². The predicted molar refractivity (Wildman–Crippen MR) is 78.0 cm³/mol. The normalized spacial score (nSPS) is 33.5. The van der Waals surface area contributed by atoms with Crippen LogP contribution in [-0.4, -0.2) is 61.2 Å². The topological polar surface area (TPSA) is 18.5 Å². The molecule has 18 heavy (non-hydrogen) atoms. The molecule has 106 valence electrons. The molecule has 3 atom stereocenters. The average Bonchev–Trinajstić information content (AvgIpc) is 2.39. The second-order valence-electron chi connectivity index (χ2n) is 6.37. The van der Waals surface area contributed by atoms with Crippen LogP contribution in [0.15, 0.2) is 0 Å². The van der Waals surface area contributed by atoms with Gasteiger partial charge in [-0.25, -0.2) is 0 Å². The van der Waals surface area contributed by atoms with E-state index in [-0.39, 0.29) is 0 Å². The molecule has 2 rings (SSSR count). The fourth-order valence-corrected chi connectivity index (χ4v) is 3.32. The Bertz CT molecular complexity index is 236. The summed E-state index contributed by atoms with van der Waals surface area (Å²) >= 11 is 0. The minimum Gasteiger partial charge on any atom is -0.313 e. The molecule has 2 fully saturated rings. The minimum absolute atomic E-state index is 0.740. The molecule has 3 heteroatoms. The summed E-state index contributed by atoms with van der Waals surface area (Å²) in [5, 5.41) is 3.69. The highest BCUT2D eigenvalue weighted by Gasteiger charge is 2.24. The summed E-state index contributed by atoms with van der Waals surface area (Å²) in [6, 6.07) is 1.50. The highest BCUT2D eigenvalue weighted by atomic mass is 15.3. The summed E-state index contributed by atoms with van der Waals surface area (Å²) in [5.74, 6) is 0.914. The SMILES string of the molecule is CCC(C)N1CCN(CC2CC(C)CCN2)CC1. The highest BCUT2D eigenvalue weighted by Crippen LogP contribution is 2.17. The summed E-state index contributed by atoms with van der Waals surface area (Å²) in [7, 11) is 0. The molecule has 0 radical (unpaired) electrons. The summed E-state index contributed by atoms with van der Waals surface area (Å²) in [6.07, 6.45) is 4.01. The number of piperazine rings is 1. The van der Waals surface area contributed by atoms with Crippen LogP contribution in [0.4, 0.5) is 0 Å². The van der Waals surface area contributed by atoms with Crippen molar-refractivity contribution in [3.05, 3.63) is 0 Å². The number of nitrogens with one attached hydrogen (secondary N) is 1. The fourth-order valence-electron chi connectivity index (χ4n) is 3.32. The third kappa shape index (κ3) is 3.94. The Hall–Kier alpha value is -0.120. The van der Waals surface area contributed by atoms with Gasteiger partial charge < -0.3 is 5.32 Å². The Labute approximate surface area is 113 Å². The van der Waals surface area contributed by atoms with Crippen LogP contribution in [-0.2, 0) is 0 Å². The molecule has 3 nitrogen and oxygen atoms in total. The third-order valence-corrected chi connectivity index (χ3v) is 4.86. The van der Waals surface area contributed by atoms with Crippen LogP contribution in [0.3, 0.4) is 0 Å². The number of nitrogens with zero attached hydrogens (tertiary/aromatic N) is 2. The Morgan fingerprint density at radius 2 is 1.94 bits per heavy atom. The molecule has 0 saturated carbocycles. The van der Waals surface area contributed by atoms with Crippen LogP contribution in [0.5, 0.6) is 0 Å². The van der Waals surface area contributed by atoms with Crippen molar-refractivity contribution in [3.63, 3.8) is 0 Å². The van der Waals surface area contributed by atoms with Crippen molar-refractivity contribution in [3.8, 4) is 0 Å². The molecular weight excluding hydrogens is 222 g/mol. The monoisotopic (exact) mass is 253 g/mol. The van der Waals surface area contributed by atoms with Crippen LogP contribution in [0.25, 0.3) is 0 Å². The van der Waals surface area contributed by atoms with Crippen molar-refractivity contribution in [2.75, 3.05) is 39.3 Å². The van der Waals surface area contributed by atoms with Gasteiger partial charge in [-0.05, 0) is 38.6 Å². The van der Waals surface area contributed by atoms with Gasteiger partial charge in [0.05, 0.1) is 0 Å². The van der Waals surface area contributed by atoms with Gasteiger partial charge in [-0.15, -0.1) is 0 Å². The molecule has 2 aliphatic rings. The van der Waals surface area contributed by atoms with Gasteiger partial charge in [-0.3, -0.25) is 9.80 Å². The molecule has 2 aliphatic heterocycles. The zero-order valence-corrected chi connectivity index (χ0v) is 12.5. The van der Waals surface area contributed by atoms with E-state index < -0.39 is 0 Å². The van der Waals surface area contributed by atoms with Gasteiger partial charge in [0.15, 0.2) is 0 Å². The molecule has 3 unspecified atom stereocenters. The van der Waals surface area contributed by atoms with Crippen molar-refractivity contribution in [1.29, 1.82) is 0 Å². The molecule has 2 heterocycles. The molecule has 1 N–H and O–H groups in total. The van der Waals surface area contributed by atoms with E-state index in [0.29, 0.717) is 0 Å². The maximum atomic E-state index is 3.69. The lowest BCUT2D eigenvalue weighted by atomic mass is 9.94. The van der Waals surface area contributed by atoms with Gasteiger partial charge in [0.1, 0.15) is 0 Å². The molecule has 0 amide bonds. The first-order valence-electron chi connectivity index (χ1n) is 7.88. The van der Waals surface area contributed by atoms with Gasteiger partial charge >= 0.3 is 0 Å². The smallest absolute Gasteiger partial charge is 0.0197 e. The lowest BCUT2D eigenvalue weighted by Crippen LogP contribution is -2.53. The first-order valence-corrected chi connectivity index (χ1v) is 7.88. The summed E-state index contributed by atoms with van der Waals surface area (Å²) in [6.45, 7) is 14.6. The zero-order chi connectivity index (χ0) is 13.0. The number of hydrogen-bond donors (Lipinski definition) is 1. The molecule has 0 aliphatic carbocycles. The Balaban J connectivity index is 1.70. The van der Waals surface area contributed by atoms with E-state index in [0.717, 1.165) is 18.0 Å². The van der Waals surface area contributed by atoms with E-state index in [9.17, 15) is 0 Å². The van der Waals surface area contributed by atoms with E-state index >= 15 is 0 Å². The van der Waals surface area contributed by atoms with Crippen molar-refractivity contribution in [1.82, 2.24) is 15.1 Å². The maximum absolute atomic E-state index is 3.69. The van der Waals surface area contributed by atoms with Gasteiger partial charge in [-0.2, -0.15) is 0 Å². The van der Waals surface area contributed by atoms with Gasteiger partial charge in [0, 0.05) is 44.8 Å². The van der Waals surface area contributed by atoms with Crippen molar-refractivity contribution < 1.29 is 0 Å². The molecule has 0 aromatic carbocycles. The molecule has 0 spiro atoms. The zero-order valence-electron chi connectivity index (χ0n) is 12.5. The number of rotatable bonds is 4. The van der Waals surface area contributed by atoms with E-state index in [1.165, 1.54) is 58.5 Å². The van der Waals surface area contributed by atoms with Gasteiger partial charge in [0.2, 0.25) is 0 Å². The maximum Gasteiger partial charge on any atom is 0.0197 e. The Morgan fingerprint density at radius 1 is 1.22 bits per heavy atom. The fraction of sp³-hybridized carbons (Fsp3) is 1.00. The van der Waals surface area contributed by atoms with E-state index in [1.807, 2.05) is 0 Å². The summed E-state index contributed by atoms with van der Waals surface area (Å²) < 4.78 is 0. The first-order chi connectivity index (χ1) is 8.69. The molecule has 0 aromatic rings. The van der Waals surface area contributed by atoms with Crippen LogP contribution >= 0.6 is 0 Å². The quantitative estimate of drug-likeness (QED) is 0.824. The van der Waals surface area contributed by atoms with E-state index in [4.69, 9.17) is 0 Å². The number of piperidine rings is 1. The lowest BCUT2D eigenvalue weighted by molar-refractivity contribution is 0.0889. The van der Waals surface area contributed by atoms with Crippen LogP contribution in [0.2, 0.25) is 0 Å². The van der Waals surface area contributed by atoms with E-state index in [2.05, 4.69) is 35.9 Å². The van der Waals surface area contributed by atoms with E-state index in [1.54, 1.807) is 0 Å². The Morgan fingerprint density at radius 3 is 2.56 bits per heavy atom. The first kappa shape index (κ1) is 14.3. The van der Waals surface area contributed by atoms with Crippen LogP contribution in [0, 0.1) is 5.92 Å². The minimum atomic E-state index is 0.740. The van der Waals surface area contributed by atoms with Crippen molar-refractivity contribution >= 4 is 0 Å². The van der Waals surface area contributed by atoms with Crippen LogP contribution in [0.1, 0.15) is 40.0 Å². The standard InChI is InChI=1S/C15H31N3/c1-4-14(3)18-9-7-17(8-10-18)12-15-11-13(2)5-6-16-15/h13-16H,4-12H2,1-3H3. The van der Waals surface area contributed by atoms with Gasteiger partial charge in [0.25, 0.3) is 0 Å². The third-order valence-electron chi connectivity index (χ3n) is 4.86. The largest absolute Gasteiger partial charge is 0.313 e. The second kappa shape index (κ2) is 6.88. The number of hydrogen-bond acceptors (Lipinski definition) is 3. The second-order valence-corrected chi connectivity index (χ2v) is 6.37. The Kier molecular flexibility index (Phi) is 5.46. The molecule has 0 aromatic heterocycles.